The average molecular weight is 389 g/mol. The van der Waals surface area contributed by atoms with E-state index in [0.717, 1.165) is 37.2 Å². The smallest absolute Gasteiger partial charge is 0.274 e. The van der Waals surface area contributed by atoms with E-state index in [1.807, 2.05) is 11.6 Å². The third-order valence-corrected chi connectivity index (χ3v) is 5.02. The molecule has 9 nitrogen and oxygen atoms in total. The fourth-order valence-corrected chi connectivity index (χ4v) is 3.44. The highest BCUT2D eigenvalue weighted by Gasteiger charge is 2.23. The summed E-state index contributed by atoms with van der Waals surface area (Å²) in [5.74, 6) is 1.47. The first-order valence-corrected chi connectivity index (χ1v) is 9.28. The van der Waals surface area contributed by atoms with Crippen molar-refractivity contribution in [3.8, 4) is 17.2 Å². The van der Waals surface area contributed by atoms with Gasteiger partial charge in [0.25, 0.3) is 5.91 Å². The first-order valence-electron chi connectivity index (χ1n) is 9.28. The van der Waals surface area contributed by atoms with Gasteiger partial charge in [-0.2, -0.15) is 0 Å². The Morgan fingerprint density at radius 3 is 2.43 bits per heavy atom. The van der Waals surface area contributed by atoms with Crippen LogP contribution in [0, 0.1) is 6.92 Å². The molecule has 1 fully saturated rings. The summed E-state index contributed by atoms with van der Waals surface area (Å²) >= 11 is 0. The number of aromatic nitrogens is 3. The van der Waals surface area contributed by atoms with Gasteiger partial charge in [-0.25, -0.2) is 4.68 Å². The van der Waals surface area contributed by atoms with Crippen LogP contribution in [0.5, 0.6) is 17.2 Å². The molecule has 1 saturated heterocycles. The normalized spacial score (nSPS) is 14.6. The van der Waals surface area contributed by atoms with Gasteiger partial charge < -0.3 is 24.8 Å². The Bertz CT molecular complexity index is 830. The van der Waals surface area contributed by atoms with Crippen molar-refractivity contribution in [2.75, 3.05) is 34.4 Å². The van der Waals surface area contributed by atoms with Crippen LogP contribution >= 0.6 is 0 Å². The van der Waals surface area contributed by atoms with Crippen molar-refractivity contribution in [1.29, 1.82) is 0 Å². The molecule has 0 atom stereocenters. The number of amides is 1. The highest BCUT2D eigenvalue weighted by molar-refractivity contribution is 5.93. The number of carbonyl (C=O) groups excluding carboxylic acids is 1. The molecule has 0 saturated carbocycles. The molecule has 2 heterocycles. The largest absolute Gasteiger partial charge is 0.496 e. The quantitative estimate of drug-likeness (QED) is 0.740. The summed E-state index contributed by atoms with van der Waals surface area (Å²) in [5.41, 5.74) is 1.90. The molecule has 28 heavy (non-hydrogen) atoms. The lowest BCUT2D eigenvalue weighted by Gasteiger charge is -2.23. The van der Waals surface area contributed by atoms with Gasteiger partial charge in [0, 0.05) is 18.2 Å². The number of hydrogen-bond acceptors (Lipinski definition) is 7. The van der Waals surface area contributed by atoms with E-state index in [0.29, 0.717) is 22.9 Å². The molecule has 0 unspecified atom stereocenters. The third-order valence-electron chi connectivity index (χ3n) is 5.02. The Hall–Kier alpha value is -2.81. The van der Waals surface area contributed by atoms with Gasteiger partial charge in [-0.15, -0.1) is 5.10 Å². The van der Waals surface area contributed by atoms with Crippen LogP contribution in [0.2, 0.25) is 0 Å². The van der Waals surface area contributed by atoms with Gasteiger partial charge in [-0.05, 0) is 38.9 Å². The van der Waals surface area contributed by atoms with Crippen molar-refractivity contribution in [2.24, 2.45) is 0 Å². The maximum Gasteiger partial charge on any atom is 0.274 e. The molecular formula is C19H27N5O4. The third kappa shape index (κ3) is 4.04. The highest BCUT2D eigenvalue weighted by Crippen LogP contribution is 2.34. The summed E-state index contributed by atoms with van der Waals surface area (Å²) in [4.78, 5) is 12.7. The van der Waals surface area contributed by atoms with Gasteiger partial charge in [0.05, 0.1) is 33.1 Å². The Morgan fingerprint density at radius 1 is 1.14 bits per heavy atom. The summed E-state index contributed by atoms with van der Waals surface area (Å²) in [7, 11) is 4.70. The molecule has 3 rings (SSSR count). The van der Waals surface area contributed by atoms with E-state index in [1.54, 1.807) is 33.5 Å². The lowest BCUT2D eigenvalue weighted by molar-refractivity contribution is 0.0945. The van der Waals surface area contributed by atoms with E-state index < -0.39 is 0 Å². The molecule has 2 aromatic rings. The van der Waals surface area contributed by atoms with Crippen molar-refractivity contribution in [3.63, 3.8) is 0 Å². The summed E-state index contributed by atoms with van der Waals surface area (Å²) < 4.78 is 17.9. The maximum atomic E-state index is 12.7. The number of methoxy groups -OCH3 is 3. The van der Waals surface area contributed by atoms with Crippen molar-refractivity contribution in [1.82, 2.24) is 25.6 Å². The molecule has 152 valence electrons. The molecule has 0 aliphatic carbocycles. The zero-order valence-electron chi connectivity index (χ0n) is 16.7. The minimum Gasteiger partial charge on any atom is -0.496 e. The summed E-state index contributed by atoms with van der Waals surface area (Å²) in [6.45, 7) is 4.05. The minimum absolute atomic E-state index is 0.266. The van der Waals surface area contributed by atoms with Crippen LogP contribution in [0.4, 0.5) is 0 Å². The van der Waals surface area contributed by atoms with E-state index in [1.165, 1.54) is 0 Å². The standard InChI is InChI=1S/C19H27N5O4/c1-12-18(22-23-24(12)14-5-7-20-8-6-14)19(25)21-11-13-9-16(27-3)17(28-4)10-15(13)26-2/h9-10,14,20H,5-8,11H2,1-4H3,(H,21,25). The molecule has 0 spiro atoms. The van der Waals surface area contributed by atoms with Crippen LogP contribution in [0.3, 0.4) is 0 Å². The highest BCUT2D eigenvalue weighted by atomic mass is 16.5. The molecule has 0 bridgehead atoms. The number of piperidine rings is 1. The van der Waals surface area contributed by atoms with Crippen LogP contribution in [-0.4, -0.2) is 55.3 Å². The predicted octanol–water partition coefficient (Wildman–Crippen LogP) is 1.47. The number of nitrogens with one attached hydrogen (secondary N) is 2. The Labute approximate surface area is 164 Å². The summed E-state index contributed by atoms with van der Waals surface area (Å²) in [6, 6.07) is 3.80. The first kappa shape index (κ1) is 19.9. The Balaban J connectivity index is 1.73. The number of rotatable bonds is 7. The van der Waals surface area contributed by atoms with Crippen LogP contribution in [0.1, 0.15) is 40.6 Å². The molecule has 1 aliphatic rings. The summed E-state index contributed by atoms with van der Waals surface area (Å²) in [6.07, 6.45) is 1.96. The van der Waals surface area contributed by atoms with Crippen LogP contribution in [0.25, 0.3) is 0 Å². The molecule has 2 N–H and O–H groups in total. The fourth-order valence-electron chi connectivity index (χ4n) is 3.44. The van der Waals surface area contributed by atoms with Crippen molar-refractivity contribution < 1.29 is 19.0 Å². The summed E-state index contributed by atoms with van der Waals surface area (Å²) in [5, 5.41) is 14.5. The van der Waals surface area contributed by atoms with Crippen molar-refractivity contribution >= 4 is 5.91 Å². The topological polar surface area (TPSA) is 99.5 Å². The maximum absolute atomic E-state index is 12.7. The lowest BCUT2D eigenvalue weighted by Crippen LogP contribution is -2.30. The molecular weight excluding hydrogens is 362 g/mol. The van der Waals surface area contributed by atoms with E-state index in [9.17, 15) is 4.79 Å². The first-order chi connectivity index (χ1) is 13.6. The van der Waals surface area contributed by atoms with Crippen molar-refractivity contribution in [2.45, 2.75) is 32.4 Å². The number of nitrogens with zero attached hydrogens (tertiary/aromatic N) is 3. The molecule has 1 aliphatic heterocycles. The number of carbonyl (C=O) groups is 1. The minimum atomic E-state index is -0.269. The predicted molar refractivity (Wildman–Crippen MR) is 103 cm³/mol. The van der Waals surface area contributed by atoms with Gasteiger partial charge in [0.15, 0.2) is 17.2 Å². The Morgan fingerprint density at radius 2 is 1.79 bits per heavy atom. The van der Waals surface area contributed by atoms with E-state index in [-0.39, 0.29) is 18.5 Å². The van der Waals surface area contributed by atoms with Gasteiger partial charge in [-0.3, -0.25) is 4.79 Å². The second kappa shape index (κ2) is 8.92. The second-order valence-corrected chi connectivity index (χ2v) is 6.65. The van der Waals surface area contributed by atoms with Gasteiger partial charge in [-0.1, -0.05) is 5.21 Å². The number of hydrogen-bond donors (Lipinski definition) is 2. The SMILES string of the molecule is COc1cc(OC)c(OC)cc1CNC(=O)c1nnn(C2CCNCC2)c1C. The molecule has 0 radical (unpaired) electrons. The van der Waals surface area contributed by atoms with Crippen LogP contribution in [-0.2, 0) is 6.54 Å². The number of benzene rings is 1. The molecule has 1 amide bonds. The van der Waals surface area contributed by atoms with Gasteiger partial charge in [0.1, 0.15) is 5.75 Å². The lowest BCUT2D eigenvalue weighted by atomic mass is 10.1. The fraction of sp³-hybridized carbons (Fsp3) is 0.526. The zero-order chi connectivity index (χ0) is 20.1. The zero-order valence-corrected chi connectivity index (χ0v) is 16.7. The average Bonchev–Trinajstić information content (AvgIpc) is 3.13. The van der Waals surface area contributed by atoms with E-state index in [2.05, 4.69) is 20.9 Å². The second-order valence-electron chi connectivity index (χ2n) is 6.65. The van der Waals surface area contributed by atoms with E-state index in [4.69, 9.17) is 14.2 Å². The Kier molecular flexibility index (Phi) is 6.35. The monoisotopic (exact) mass is 389 g/mol. The van der Waals surface area contributed by atoms with Crippen LogP contribution < -0.4 is 24.8 Å². The molecule has 9 heteroatoms. The molecule has 1 aromatic carbocycles. The van der Waals surface area contributed by atoms with E-state index >= 15 is 0 Å². The van der Waals surface area contributed by atoms with Crippen molar-refractivity contribution in [3.05, 3.63) is 29.1 Å². The van der Waals surface area contributed by atoms with Crippen LogP contribution in [0.15, 0.2) is 12.1 Å². The van der Waals surface area contributed by atoms with Gasteiger partial charge in [0.2, 0.25) is 0 Å². The van der Waals surface area contributed by atoms with Gasteiger partial charge >= 0.3 is 0 Å². The number of ether oxygens (including phenoxy) is 3. The molecule has 1 aromatic heterocycles.